The number of hydrogen-bond donors (Lipinski definition) is 0. The molecule has 1 heteroatoms. The molecule has 0 heterocycles. The molecule has 1 aliphatic rings. The van der Waals surface area contributed by atoms with Crippen molar-refractivity contribution in [3.8, 4) is 22.3 Å². The van der Waals surface area contributed by atoms with Crippen molar-refractivity contribution in [1.82, 2.24) is 0 Å². The highest BCUT2D eigenvalue weighted by molar-refractivity contribution is 8.00. The molecule has 0 saturated carbocycles. The minimum absolute atomic E-state index is 0.143. The fourth-order valence-electron chi connectivity index (χ4n) is 4.72. The van der Waals surface area contributed by atoms with Gasteiger partial charge in [0.25, 0.3) is 0 Å². The van der Waals surface area contributed by atoms with E-state index < -0.39 is 0 Å². The molecule has 0 nitrogen and oxygen atoms in total. The van der Waals surface area contributed by atoms with Crippen LogP contribution in [0.2, 0.25) is 0 Å². The number of fused-ring (bicyclic) bond motifs is 3. The standard InChI is InChI=1S/C27H30S/c1-6-27(7-2)24-11-9-8-10-22(24)23-17-14-20(18-25(23)27)19-12-15-21(16-13-19)28-26(3,4)5/h8-18H,6-7H2,1-5H3. The summed E-state index contributed by atoms with van der Waals surface area (Å²) in [5, 5.41) is 0. The fourth-order valence-corrected chi connectivity index (χ4v) is 5.70. The molecule has 0 aromatic heterocycles. The maximum absolute atomic E-state index is 2.45. The van der Waals surface area contributed by atoms with E-state index in [4.69, 9.17) is 0 Å². The molecule has 3 aromatic rings. The first kappa shape index (κ1) is 19.3. The average Bonchev–Trinajstić information content (AvgIpc) is 2.97. The molecule has 28 heavy (non-hydrogen) atoms. The topological polar surface area (TPSA) is 0 Å². The Balaban J connectivity index is 1.77. The summed E-state index contributed by atoms with van der Waals surface area (Å²) < 4.78 is 0.239. The smallest absolute Gasteiger partial charge is 0.0210 e. The van der Waals surface area contributed by atoms with Crippen LogP contribution >= 0.6 is 11.8 Å². The van der Waals surface area contributed by atoms with E-state index in [0.717, 1.165) is 12.8 Å². The summed E-state index contributed by atoms with van der Waals surface area (Å²) in [5.74, 6) is 0. The molecule has 0 saturated heterocycles. The fraction of sp³-hybridized carbons (Fsp3) is 0.333. The quantitative estimate of drug-likeness (QED) is 0.406. The normalized spacial score (nSPS) is 14.6. The molecular formula is C27H30S. The van der Waals surface area contributed by atoms with E-state index in [0.29, 0.717) is 0 Å². The van der Waals surface area contributed by atoms with E-state index >= 15 is 0 Å². The molecule has 0 atom stereocenters. The van der Waals surface area contributed by atoms with Crippen LogP contribution in [0.15, 0.2) is 71.6 Å². The van der Waals surface area contributed by atoms with Crippen molar-refractivity contribution < 1.29 is 0 Å². The Bertz CT molecular complexity index is 986. The van der Waals surface area contributed by atoms with Gasteiger partial charge in [-0.2, -0.15) is 0 Å². The summed E-state index contributed by atoms with van der Waals surface area (Å²) in [6, 6.07) is 25.2. The van der Waals surface area contributed by atoms with Gasteiger partial charge in [0.1, 0.15) is 0 Å². The summed E-state index contributed by atoms with van der Waals surface area (Å²) in [7, 11) is 0. The second kappa shape index (κ2) is 7.12. The van der Waals surface area contributed by atoms with Crippen molar-refractivity contribution in [1.29, 1.82) is 0 Å². The third-order valence-corrected chi connectivity index (χ3v) is 7.21. The molecule has 144 valence electrons. The Morgan fingerprint density at radius 3 is 1.96 bits per heavy atom. The van der Waals surface area contributed by atoms with Gasteiger partial charge in [-0.1, -0.05) is 83.1 Å². The van der Waals surface area contributed by atoms with Crippen molar-refractivity contribution in [2.45, 2.75) is 62.5 Å². The maximum Gasteiger partial charge on any atom is 0.0210 e. The second-order valence-corrected chi connectivity index (χ2v) is 10.7. The van der Waals surface area contributed by atoms with Crippen molar-refractivity contribution in [2.75, 3.05) is 0 Å². The van der Waals surface area contributed by atoms with E-state index in [9.17, 15) is 0 Å². The summed E-state index contributed by atoms with van der Waals surface area (Å²) >= 11 is 1.92. The van der Waals surface area contributed by atoms with Gasteiger partial charge in [-0.25, -0.2) is 0 Å². The Hall–Kier alpha value is -1.99. The lowest BCUT2D eigenvalue weighted by Crippen LogP contribution is -2.23. The molecule has 0 aliphatic heterocycles. The molecule has 3 aromatic carbocycles. The van der Waals surface area contributed by atoms with Crippen LogP contribution in [0.1, 0.15) is 58.6 Å². The lowest BCUT2D eigenvalue weighted by atomic mass is 9.73. The van der Waals surface area contributed by atoms with Crippen molar-refractivity contribution in [3.05, 3.63) is 77.9 Å². The highest BCUT2D eigenvalue weighted by Gasteiger charge is 2.40. The van der Waals surface area contributed by atoms with Crippen LogP contribution in [0, 0.1) is 0 Å². The monoisotopic (exact) mass is 386 g/mol. The highest BCUT2D eigenvalue weighted by Crippen LogP contribution is 2.53. The average molecular weight is 387 g/mol. The van der Waals surface area contributed by atoms with E-state index in [-0.39, 0.29) is 10.2 Å². The van der Waals surface area contributed by atoms with Gasteiger partial charge < -0.3 is 0 Å². The zero-order chi connectivity index (χ0) is 19.9. The molecule has 0 N–H and O–H groups in total. The Morgan fingerprint density at radius 2 is 1.32 bits per heavy atom. The van der Waals surface area contributed by atoms with E-state index in [1.807, 2.05) is 11.8 Å². The minimum Gasteiger partial charge on any atom is -0.120 e. The van der Waals surface area contributed by atoms with Crippen molar-refractivity contribution >= 4 is 11.8 Å². The van der Waals surface area contributed by atoms with Gasteiger partial charge in [-0.3, -0.25) is 0 Å². The first-order chi connectivity index (χ1) is 13.4. The van der Waals surface area contributed by atoms with E-state index in [1.165, 1.54) is 38.3 Å². The van der Waals surface area contributed by atoms with Gasteiger partial charge in [0, 0.05) is 15.1 Å². The Kier molecular flexibility index (Phi) is 4.91. The SMILES string of the molecule is CCC1(CC)c2ccccc2-c2ccc(-c3ccc(SC(C)(C)C)cc3)cc21. The van der Waals surface area contributed by atoms with Crippen LogP contribution in [-0.4, -0.2) is 4.75 Å². The van der Waals surface area contributed by atoms with Crippen molar-refractivity contribution in [2.24, 2.45) is 0 Å². The first-order valence-electron chi connectivity index (χ1n) is 10.4. The van der Waals surface area contributed by atoms with Crippen LogP contribution in [0.25, 0.3) is 22.3 Å². The van der Waals surface area contributed by atoms with Gasteiger partial charge >= 0.3 is 0 Å². The summed E-state index contributed by atoms with van der Waals surface area (Å²) in [6.45, 7) is 11.5. The molecule has 0 bridgehead atoms. The lowest BCUT2D eigenvalue weighted by molar-refractivity contribution is 0.490. The van der Waals surface area contributed by atoms with Gasteiger partial charge in [0.05, 0.1) is 0 Å². The summed E-state index contributed by atoms with van der Waals surface area (Å²) in [5.41, 5.74) is 8.62. The maximum atomic E-state index is 2.45. The largest absolute Gasteiger partial charge is 0.120 e. The molecule has 4 rings (SSSR count). The molecule has 1 aliphatic carbocycles. The van der Waals surface area contributed by atoms with Crippen molar-refractivity contribution in [3.63, 3.8) is 0 Å². The summed E-state index contributed by atoms with van der Waals surface area (Å²) in [6.07, 6.45) is 2.27. The molecular weight excluding hydrogens is 356 g/mol. The minimum atomic E-state index is 0.143. The number of hydrogen-bond acceptors (Lipinski definition) is 1. The van der Waals surface area contributed by atoms with E-state index in [1.54, 1.807) is 0 Å². The lowest BCUT2D eigenvalue weighted by Gasteiger charge is -2.30. The predicted molar refractivity (Wildman–Crippen MR) is 124 cm³/mol. The summed E-state index contributed by atoms with van der Waals surface area (Å²) in [4.78, 5) is 1.33. The van der Waals surface area contributed by atoms with Crippen LogP contribution in [0.5, 0.6) is 0 Å². The van der Waals surface area contributed by atoms with Gasteiger partial charge in [-0.05, 0) is 64.4 Å². The molecule has 0 amide bonds. The molecule has 0 spiro atoms. The van der Waals surface area contributed by atoms with Crippen LogP contribution in [-0.2, 0) is 5.41 Å². The van der Waals surface area contributed by atoms with Crippen LogP contribution in [0.4, 0.5) is 0 Å². The van der Waals surface area contributed by atoms with Gasteiger partial charge in [0.2, 0.25) is 0 Å². The van der Waals surface area contributed by atoms with Crippen LogP contribution < -0.4 is 0 Å². The number of benzene rings is 3. The first-order valence-corrected chi connectivity index (χ1v) is 11.2. The van der Waals surface area contributed by atoms with Gasteiger partial charge in [-0.15, -0.1) is 11.8 Å². The molecule has 0 radical (unpaired) electrons. The molecule has 0 fully saturated rings. The van der Waals surface area contributed by atoms with Gasteiger partial charge in [0.15, 0.2) is 0 Å². The Labute approximate surface area is 174 Å². The Morgan fingerprint density at radius 1 is 0.714 bits per heavy atom. The second-order valence-electron chi connectivity index (χ2n) is 8.83. The molecule has 0 unspecified atom stereocenters. The zero-order valence-corrected chi connectivity index (χ0v) is 18.5. The predicted octanol–water partition coefficient (Wildman–Crippen LogP) is 8.33. The number of thioether (sulfide) groups is 1. The van der Waals surface area contributed by atoms with Crippen LogP contribution in [0.3, 0.4) is 0 Å². The third-order valence-electron chi connectivity index (χ3n) is 6.09. The highest BCUT2D eigenvalue weighted by atomic mass is 32.2. The number of rotatable bonds is 4. The zero-order valence-electron chi connectivity index (χ0n) is 17.7. The van der Waals surface area contributed by atoms with E-state index in [2.05, 4.69) is 101 Å². The third kappa shape index (κ3) is 3.20.